The lowest BCUT2D eigenvalue weighted by Crippen LogP contribution is -2.40. The number of carbonyl (C=O) groups is 1. The number of non-ortho nitro benzene ring substituents is 1. The summed E-state index contributed by atoms with van der Waals surface area (Å²) in [7, 11) is 1.54. The standard InChI is InChI=1S/C30H27N5O7S2/c1-15(2)42-28(38)25-17(4)32-30-34(26(25)18-6-9-21(41-5)10-7-18)27(37)23(44-30)14-19-13-20(35(39)40)8-11-22(19)43-29-31-16(3)12-24(36)33-29/h6-15,26H,1-5H3,(H,31,33,36)/b23-14+/t26-/m1/s1. The molecule has 0 bridgehead atoms. The number of aromatic amines is 1. The lowest BCUT2D eigenvalue weighted by molar-refractivity contribution is -0.384. The lowest BCUT2D eigenvalue weighted by atomic mass is 9.96. The maximum Gasteiger partial charge on any atom is 0.338 e. The summed E-state index contributed by atoms with van der Waals surface area (Å²) in [5.74, 6) is 0.0154. The van der Waals surface area contributed by atoms with Gasteiger partial charge in [-0.3, -0.25) is 24.3 Å². The number of nitro groups is 1. The number of aromatic nitrogens is 3. The number of thiazole rings is 1. The van der Waals surface area contributed by atoms with Crippen molar-refractivity contribution in [3.63, 3.8) is 0 Å². The number of fused-ring (bicyclic) bond motifs is 1. The van der Waals surface area contributed by atoms with E-state index < -0.39 is 28.6 Å². The second-order valence-corrected chi connectivity index (χ2v) is 12.1. The average molecular weight is 634 g/mol. The molecule has 5 rings (SSSR count). The molecule has 0 saturated carbocycles. The molecule has 0 spiro atoms. The predicted molar refractivity (Wildman–Crippen MR) is 165 cm³/mol. The van der Waals surface area contributed by atoms with Gasteiger partial charge in [-0.2, -0.15) is 0 Å². The zero-order valence-corrected chi connectivity index (χ0v) is 25.9. The molecule has 12 nitrogen and oxygen atoms in total. The molecule has 3 heterocycles. The second kappa shape index (κ2) is 12.4. The molecular weight excluding hydrogens is 606 g/mol. The molecule has 0 fully saturated rings. The number of nitrogens with zero attached hydrogens (tertiary/aromatic N) is 4. The Morgan fingerprint density at radius 3 is 2.52 bits per heavy atom. The molecule has 14 heteroatoms. The molecule has 1 atom stereocenters. The molecule has 0 radical (unpaired) electrons. The van der Waals surface area contributed by atoms with Crippen LogP contribution in [0.1, 0.15) is 43.6 Å². The summed E-state index contributed by atoms with van der Waals surface area (Å²) in [5.41, 5.74) is 1.20. The Morgan fingerprint density at radius 2 is 1.89 bits per heavy atom. The number of ether oxygens (including phenoxy) is 2. The highest BCUT2D eigenvalue weighted by Gasteiger charge is 2.34. The van der Waals surface area contributed by atoms with Crippen LogP contribution < -0.4 is 25.2 Å². The van der Waals surface area contributed by atoms with Crippen molar-refractivity contribution in [2.75, 3.05) is 7.11 Å². The van der Waals surface area contributed by atoms with Gasteiger partial charge in [0.2, 0.25) is 0 Å². The van der Waals surface area contributed by atoms with Crippen LogP contribution in [0.15, 0.2) is 84.4 Å². The number of benzene rings is 2. The van der Waals surface area contributed by atoms with Crippen molar-refractivity contribution in [1.82, 2.24) is 14.5 Å². The summed E-state index contributed by atoms with van der Waals surface area (Å²) in [6, 6.07) is 11.8. The van der Waals surface area contributed by atoms with Crippen molar-refractivity contribution in [3.8, 4) is 5.75 Å². The molecule has 44 heavy (non-hydrogen) atoms. The first-order chi connectivity index (χ1) is 20.9. The Labute approximate surface area is 258 Å². The Kier molecular flexibility index (Phi) is 8.65. The van der Waals surface area contributed by atoms with E-state index in [0.29, 0.717) is 43.1 Å². The molecular formula is C30H27N5O7S2. The maximum atomic E-state index is 14.1. The number of nitro benzene ring substituents is 1. The molecule has 226 valence electrons. The van der Waals surface area contributed by atoms with Crippen LogP contribution in [0.3, 0.4) is 0 Å². The number of hydrogen-bond acceptors (Lipinski definition) is 11. The van der Waals surface area contributed by atoms with Crippen molar-refractivity contribution >= 4 is 40.8 Å². The fourth-order valence-electron chi connectivity index (χ4n) is 4.66. The first kappa shape index (κ1) is 30.6. The van der Waals surface area contributed by atoms with Crippen LogP contribution in [-0.2, 0) is 9.53 Å². The number of aryl methyl sites for hydroxylation is 1. The van der Waals surface area contributed by atoms with E-state index in [0.717, 1.165) is 23.1 Å². The normalized spacial score (nSPS) is 14.8. The molecule has 2 aromatic heterocycles. The number of rotatable bonds is 8. The van der Waals surface area contributed by atoms with E-state index in [9.17, 15) is 24.5 Å². The van der Waals surface area contributed by atoms with Crippen LogP contribution in [0.5, 0.6) is 5.75 Å². The van der Waals surface area contributed by atoms with Gasteiger partial charge in [0.25, 0.3) is 16.8 Å². The van der Waals surface area contributed by atoms with Crippen molar-refractivity contribution < 1.29 is 19.2 Å². The summed E-state index contributed by atoms with van der Waals surface area (Å²) in [5, 5.41) is 11.9. The van der Waals surface area contributed by atoms with Gasteiger partial charge in [-0.05, 0) is 63.1 Å². The summed E-state index contributed by atoms with van der Waals surface area (Å²) in [6.07, 6.45) is 1.15. The van der Waals surface area contributed by atoms with Gasteiger partial charge in [0.05, 0.1) is 40.0 Å². The number of nitrogens with one attached hydrogen (secondary N) is 1. The van der Waals surface area contributed by atoms with Gasteiger partial charge in [0, 0.05) is 28.8 Å². The van der Waals surface area contributed by atoms with Gasteiger partial charge >= 0.3 is 5.97 Å². The minimum atomic E-state index is -0.842. The highest BCUT2D eigenvalue weighted by molar-refractivity contribution is 7.99. The van der Waals surface area contributed by atoms with E-state index in [1.54, 1.807) is 71.2 Å². The smallest absolute Gasteiger partial charge is 0.338 e. The van der Waals surface area contributed by atoms with Crippen LogP contribution >= 0.6 is 23.1 Å². The van der Waals surface area contributed by atoms with E-state index in [1.165, 1.54) is 22.8 Å². The van der Waals surface area contributed by atoms with E-state index in [2.05, 4.69) is 15.0 Å². The van der Waals surface area contributed by atoms with E-state index in [4.69, 9.17) is 9.47 Å². The Bertz CT molecular complexity index is 2060. The molecule has 0 aliphatic carbocycles. The SMILES string of the molecule is COc1ccc([C@@H]2C(C(=O)OC(C)C)=C(C)N=c3s/c(=C/c4cc([N+](=O)[O-])ccc4Sc4nc(C)cc(=O)[nH]4)c(=O)n32)cc1. The number of allylic oxidation sites excluding steroid dienone is 1. The van der Waals surface area contributed by atoms with E-state index in [1.807, 2.05) is 0 Å². The summed E-state index contributed by atoms with van der Waals surface area (Å²) in [4.78, 5) is 63.0. The lowest BCUT2D eigenvalue weighted by Gasteiger charge is -2.25. The third kappa shape index (κ3) is 6.26. The van der Waals surface area contributed by atoms with Gasteiger partial charge in [-0.15, -0.1) is 0 Å². The Balaban J connectivity index is 1.70. The number of H-pyrrole nitrogens is 1. The van der Waals surface area contributed by atoms with Crippen LogP contribution in [0, 0.1) is 17.0 Å². The number of esters is 1. The Hall–Kier alpha value is -4.82. The molecule has 0 unspecified atom stereocenters. The summed E-state index contributed by atoms with van der Waals surface area (Å²) in [6.45, 7) is 6.85. The van der Waals surface area contributed by atoms with Crippen LogP contribution in [0.2, 0.25) is 0 Å². The first-order valence-corrected chi connectivity index (χ1v) is 15.0. The van der Waals surface area contributed by atoms with Crippen molar-refractivity contribution in [2.24, 2.45) is 4.99 Å². The third-order valence-electron chi connectivity index (χ3n) is 6.56. The van der Waals surface area contributed by atoms with Gasteiger partial charge in [-0.1, -0.05) is 35.2 Å². The van der Waals surface area contributed by atoms with Gasteiger partial charge < -0.3 is 14.5 Å². The largest absolute Gasteiger partial charge is 0.497 e. The summed E-state index contributed by atoms with van der Waals surface area (Å²) < 4.78 is 12.5. The molecule has 0 amide bonds. The molecule has 1 aliphatic heterocycles. The number of carbonyl (C=O) groups excluding carboxylic acids is 1. The third-order valence-corrected chi connectivity index (χ3v) is 8.52. The Morgan fingerprint density at radius 1 is 1.16 bits per heavy atom. The highest BCUT2D eigenvalue weighted by atomic mass is 32.2. The fraction of sp³-hybridized carbons (Fsp3) is 0.233. The topological polar surface area (TPSA) is 159 Å². The molecule has 4 aromatic rings. The van der Waals surface area contributed by atoms with Crippen LogP contribution in [0.25, 0.3) is 6.08 Å². The van der Waals surface area contributed by atoms with Crippen molar-refractivity contribution in [2.45, 2.75) is 49.9 Å². The van der Waals surface area contributed by atoms with Crippen LogP contribution in [-0.4, -0.2) is 38.6 Å². The average Bonchev–Trinajstić information content (AvgIpc) is 3.26. The molecule has 1 N–H and O–H groups in total. The maximum absolute atomic E-state index is 14.1. The molecule has 2 aromatic carbocycles. The van der Waals surface area contributed by atoms with Crippen molar-refractivity contribution in [3.05, 3.63) is 117 Å². The first-order valence-electron chi connectivity index (χ1n) is 13.4. The fourth-order valence-corrected chi connectivity index (χ4v) is 6.62. The molecule has 1 aliphatic rings. The van der Waals surface area contributed by atoms with Gasteiger partial charge in [0.15, 0.2) is 9.96 Å². The number of hydrogen-bond donors (Lipinski definition) is 1. The minimum Gasteiger partial charge on any atom is -0.497 e. The number of methoxy groups -OCH3 is 1. The van der Waals surface area contributed by atoms with Crippen molar-refractivity contribution in [1.29, 1.82) is 0 Å². The molecule has 0 saturated heterocycles. The second-order valence-electron chi connectivity index (χ2n) is 10.1. The van der Waals surface area contributed by atoms with E-state index in [-0.39, 0.29) is 21.4 Å². The quantitative estimate of drug-likeness (QED) is 0.132. The van der Waals surface area contributed by atoms with E-state index >= 15 is 0 Å². The monoisotopic (exact) mass is 633 g/mol. The van der Waals surface area contributed by atoms with Gasteiger partial charge in [0.1, 0.15) is 5.75 Å². The van der Waals surface area contributed by atoms with Crippen LogP contribution in [0.4, 0.5) is 5.69 Å². The van der Waals surface area contributed by atoms with Gasteiger partial charge in [-0.25, -0.2) is 14.8 Å². The zero-order valence-electron chi connectivity index (χ0n) is 24.3. The predicted octanol–water partition coefficient (Wildman–Crippen LogP) is 3.65. The zero-order chi connectivity index (χ0) is 31.7. The highest BCUT2D eigenvalue weighted by Crippen LogP contribution is 2.33. The summed E-state index contributed by atoms with van der Waals surface area (Å²) >= 11 is 2.20. The minimum absolute atomic E-state index is 0.176.